The van der Waals surface area contributed by atoms with Gasteiger partial charge < -0.3 is 0 Å². The van der Waals surface area contributed by atoms with Crippen LogP contribution in [0.25, 0.3) is 10.4 Å². The van der Waals surface area contributed by atoms with Crippen LogP contribution in [-0.2, 0) is 4.79 Å². The second-order valence-corrected chi connectivity index (χ2v) is 3.18. The molecule has 1 saturated carbocycles. The average Bonchev–Trinajstić information content (AvgIpc) is 2.04. The highest BCUT2D eigenvalue weighted by Gasteiger charge is 2.13. The van der Waals surface area contributed by atoms with Crippen LogP contribution >= 0.6 is 0 Å². The normalized spacial score (nSPS) is 25.3. The molecule has 0 heterocycles. The summed E-state index contributed by atoms with van der Waals surface area (Å²) < 4.78 is 0. The maximum absolute atomic E-state index is 11.1. The Bertz CT molecular complexity index is 208. The topological polar surface area (TPSA) is 65.8 Å². The van der Waals surface area contributed by atoms with Crippen molar-refractivity contribution in [1.29, 1.82) is 0 Å². The van der Waals surface area contributed by atoms with Gasteiger partial charge in [-0.1, -0.05) is 11.5 Å². The van der Waals surface area contributed by atoms with Gasteiger partial charge in [-0.15, -0.1) is 0 Å². The Hall–Kier alpha value is -1.02. The summed E-state index contributed by atoms with van der Waals surface area (Å²) in [6.45, 7) is 0. The standard InChI is InChI=1S/C8H13N3O/c9-11-10-7-3-1-2-4-8(12)6-5-7/h7H,1-6H2. The average molecular weight is 167 g/mol. The van der Waals surface area contributed by atoms with Gasteiger partial charge >= 0.3 is 0 Å². The molecule has 0 aromatic heterocycles. The summed E-state index contributed by atoms with van der Waals surface area (Å²) in [5.41, 5.74) is 8.22. The van der Waals surface area contributed by atoms with E-state index in [4.69, 9.17) is 5.53 Å². The second-order valence-electron chi connectivity index (χ2n) is 3.18. The number of carbonyl (C=O) groups excluding carboxylic acids is 1. The lowest BCUT2D eigenvalue weighted by Crippen LogP contribution is -2.11. The van der Waals surface area contributed by atoms with E-state index in [0.29, 0.717) is 18.6 Å². The maximum Gasteiger partial charge on any atom is 0.132 e. The molecule has 0 spiro atoms. The predicted molar refractivity (Wildman–Crippen MR) is 45.6 cm³/mol. The molecule has 0 amide bonds. The minimum atomic E-state index is 0.0549. The molecule has 0 aromatic rings. The van der Waals surface area contributed by atoms with Gasteiger partial charge in [0.05, 0.1) is 0 Å². The van der Waals surface area contributed by atoms with Crippen LogP contribution in [0.2, 0.25) is 0 Å². The molecule has 0 N–H and O–H groups in total. The van der Waals surface area contributed by atoms with Gasteiger partial charge in [-0.25, -0.2) is 0 Å². The van der Waals surface area contributed by atoms with Crippen molar-refractivity contribution in [3.8, 4) is 0 Å². The van der Waals surface area contributed by atoms with Crippen LogP contribution in [0.3, 0.4) is 0 Å². The summed E-state index contributed by atoms with van der Waals surface area (Å²) in [6, 6.07) is 0.0549. The van der Waals surface area contributed by atoms with Crippen molar-refractivity contribution in [1.82, 2.24) is 0 Å². The highest BCUT2D eigenvalue weighted by Crippen LogP contribution is 2.17. The Morgan fingerprint density at radius 2 is 2.17 bits per heavy atom. The third-order valence-corrected chi connectivity index (χ3v) is 2.21. The van der Waals surface area contributed by atoms with E-state index in [1.807, 2.05) is 0 Å². The molecule has 4 heteroatoms. The third-order valence-electron chi connectivity index (χ3n) is 2.21. The molecule has 0 saturated heterocycles. The van der Waals surface area contributed by atoms with E-state index in [9.17, 15) is 4.79 Å². The van der Waals surface area contributed by atoms with Crippen LogP contribution in [0, 0.1) is 0 Å². The number of ketones is 1. The number of rotatable bonds is 1. The summed E-state index contributed by atoms with van der Waals surface area (Å²) in [7, 11) is 0. The van der Waals surface area contributed by atoms with Gasteiger partial charge in [0.25, 0.3) is 0 Å². The van der Waals surface area contributed by atoms with E-state index in [-0.39, 0.29) is 6.04 Å². The van der Waals surface area contributed by atoms with Gasteiger partial charge in [-0.2, -0.15) is 0 Å². The van der Waals surface area contributed by atoms with Gasteiger partial charge in [0.1, 0.15) is 5.78 Å². The third kappa shape index (κ3) is 2.93. The van der Waals surface area contributed by atoms with Crippen molar-refractivity contribution in [2.75, 3.05) is 0 Å². The van der Waals surface area contributed by atoms with Crippen LogP contribution in [0.15, 0.2) is 5.11 Å². The molecule has 4 nitrogen and oxygen atoms in total. The molecular weight excluding hydrogens is 154 g/mol. The predicted octanol–water partition coefficient (Wildman–Crippen LogP) is 2.59. The number of hydrogen-bond acceptors (Lipinski definition) is 2. The van der Waals surface area contributed by atoms with Crippen LogP contribution in [0.1, 0.15) is 38.5 Å². The molecule has 66 valence electrons. The van der Waals surface area contributed by atoms with Crippen molar-refractivity contribution in [3.05, 3.63) is 10.4 Å². The molecule has 12 heavy (non-hydrogen) atoms. The van der Waals surface area contributed by atoms with Crippen molar-refractivity contribution >= 4 is 5.78 Å². The first kappa shape index (κ1) is 9.07. The van der Waals surface area contributed by atoms with E-state index in [2.05, 4.69) is 10.0 Å². The summed E-state index contributed by atoms with van der Waals surface area (Å²) >= 11 is 0. The zero-order valence-electron chi connectivity index (χ0n) is 7.07. The largest absolute Gasteiger partial charge is 0.300 e. The van der Waals surface area contributed by atoms with Crippen molar-refractivity contribution in [2.24, 2.45) is 5.11 Å². The first-order valence-electron chi connectivity index (χ1n) is 4.39. The van der Waals surface area contributed by atoms with Crippen LogP contribution in [0.5, 0.6) is 0 Å². The first-order chi connectivity index (χ1) is 5.83. The van der Waals surface area contributed by atoms with E-state index < -0.39 is 0 Å². The lowest BCUT2D eigenvalue weighted by atomic mass is 9.96. The number of Topliss-reactive ketones (excluding diaryl/α,β-unsaturated/α-hetero) is 1. The van der Waals surface area contributed by atoms with Crippen LogP contribution in [-0.4, -0.2) is 11.8 Å². The Labute approximate surface area is 71.6 Å². The highest BCUT2D eigenvalue weighted by molar-refractivity contribution is 5.78. The molecule has 1 atom stereocenters. The quantitative estimate of drug-likeness (QED) is 0.336. The fourth-order valence-corrected chi connectivity index (χ4v) is 1.49. The van der Waals surface area contributed by atoms with Crippen molar-refractivity contribution in [3.63, 3.8) is 0 Å². The van der Waals surface area contributed by atoms with Gasteiger partial charge in [0.2, 0.25) is 0 Å². The van der Waals surface area contributed by atoms with Crippen molar-refractivity contribution in [2.45, 2.75) is 44.6 Å². The van der Waals surface area contributed by atoms with E-state index in [0.717, 1.165) is 25.7 Å². The zero-order valence-corrected chi connectivity index (χ0v) is 7.07. The molecule has 0 aromatic carbocycles. The van der Waals surface area contributed by atoms with Gasteiger partial charge in [0, 0.05) is 23.8 Å². The molecule has 0 bridgehead atoms. The molecule has 1 aliphatic rings. The fourth-order valence-electron chi connectivity index (χ4n) is 1.49. The van der Waals surface area contributed by atoms with Gasteiger partial charge in [0.15, 0.2) is 0 Å². The molecule has 1 fully saturated rings. The fraction of sp³-hybridized carbons (Fsp3) is 0.875. The molecule has 0 aliphatic heterocycles. The minimum absolute atomic E-state index is 0.0549. The van der Waals surface area contributed by atoms with Gasteiger partial charge in [-0.05, 0) is 24.8 Å². The van der Waals surface area contributed by atoms with E-state index >= 15 is 0 Å². The monoisotopic (exact) mass is 167 g/mol. The Morgan fingerprint density at radius 3 is 2.92 bits per heavy atom. The highest BCUT2D eigenvalue weighted by atomic mass is 16.1. The first-order valence-corrected chi connectivity index (χ1v) is 4.39. The summed E-state index contributed by atoms with van der Waals surface area (Å²) in [6.07, 6.45) is 4.94. The Morgan fingerprint density at radius 1 is 1.33 bits per heavy atom. The summed E-state index contributed by atoms with van der Waals surface area (Å²) in [4.78, 5) is 13.8. The maximum atomic E-state index is 11.1. The van der Waals surface area contributed by atoms with Crippen LogP contribution < -0.4 is 0 Å². The molecule has 1 rings (SSSR count). The van der Waals surface area contributed by atoms with Crippen LogP contribution in [0.4, 0.5) is 0 Å². The zero-order chi connectivity index (χ0) is 8.81. The number of azide groups is 1. The smallest absolute Gasteiger partial charge is 0.132 e. The van der Waals surface area contributed by atoms with Crippen molar-refractivity contribution < 1.29 is 4.79 Å². The van der Waals surface area contributed by atoms with Gasteiger partial charge in [-0.3, -0.25) is 4.79 Å². The molecule has 1 unspecified atom stereocenters. The summed E-state index contributed by atoms with van der Waals surface area (Å²) in [5.74, 6) is 0.313. The number of nitrogens with zero attached hydrogens (tertiary/aromatic N) is 3. The molecule has 0 radical (unpaired) electrons. The number of carbonyl (C=O) groups is 1. The SMILES string of the molecule is [N-]=[N+]=NC1CCCCC(=O)CC1. The van der Waals surface area contributed by atoms with E-state index in [1.54, 1.807) is 0 Å². The Balaban J connectivity index is 2.43. The molecular formula is C8H13N3O. The number of hydrogen-bond donors (Lipinski definition) is 0. The lowest BCUT2D eigenvalue weighted by Gasteiger charge is -2.13. The molecule has 1 aliphatic carbocycles. The Kier molecular flexibility index (Phi) is 3.61. The lowest BCUT2D eigenvalue weighted by molar-refractivity contribution is -0.119. The van der Waals surface area contributed by atoms with E-state index in [1.165, 1.54) is 0 Å². The minimum Gasteiger partial charge on any atom is -0.300 e. The second kappa shape index (κ2) is 4.78. The summed E-state index contributed by atoms with van der Waals surface area (Å²) in [5, 5.41) is 3.65.